The minimum atomic E-state index is -0.801. The summed E-state index contributed by atoms with van der Waals surface area (Å²) in [6.07, 6.45) is 2.84. The molecule has 1 atom stereocenters. The Morgan fingerprint density at radius 3 is 2.56 bits per heavy atom. The Morgan fingerprint density at radius 2 is 1.89 bits per heavy atom. The lowest BCUT2D eigenvalue weighted by Crippen LogP contribution is -2.40. The first-order valence-electron chi connectivity index (χ1n) is 14.3. The van der Waals surface area contributed by atoms with E-state index in [-0.39, 0.29) is 17.9 Å². The van der Waals surface area contributed by atoms with Crippen LogP contribution in [0.25, 0.3) is 6.08 Å². The van der Waals surface area contributed by atoms with Gasteiger partial charge >= 0.3 is 5.97 Å². The molecule has 45 heavy (non-hydrogen) atoms. The molecule has 0 fully saturated rings. The molecular weight excluding hydrogens is 615 g/mol. The van der Waals surface area contributed by atoms with Crippen LogP contribution in [0, 0.1) is 24.0 Å². The van der Waals surface area contributed by atoms with E-state index in [2.05, 4.69) is 9.97 Å². The lowest BCUT2D eigenvalue weighted by Gasteiger charge is -2.26. The summed E-state index contributed by atoms with van der Waals surface area (Å²) in [6, 6.07) is 13.0. The summed E-state index contributed by atoms with van der Waals surface area (Å²) >= 11 is 2.27. The van der Waals surface area contributed by atoms with Crippen molar-refractivity contribution in [2.24, 2.45) is 4.99 Å². The number of ether oxygens (including phenoxy) is 2. The average molecular weight is 646 g/mol. The van der Waals surface area contributed by atoms with Crippen LogP contribution in [0.2, 0.25) is 0 Å². The number of benzene rings is 2. The first-order valence-corrected chi connectivity index (χ1v) is 15.9. The minimum Gasteiger partial charge on any atom is -0.497 e. The van der Waals surface area contributed by atoms with Crippen LogP contribution in [-0.2, 0) is 9.53 Å². The highest BCUT2D eigenvalue weighted by atomic mass is 32.2. The third kappa shape index (κ3) is 6.74. The molecule has 2 aromatic carbocycles. The zero-order chi connectivity index (χ0) is 32.2. The van der Waals surface area contributed by atoms with Crippen molar-refractivity contribution in [2.45, 2.75) is 56.6 Å². The lowest BCUT2D eigenvalue weighted by molar-refractivity contribution is -0.387. The molecule has 232 valence electrons. The van der Waals surface area contributed by atoms with Crippen LogP contribution >= 0.6 is 23.1 Å². The highest BCUT2D eigenvalue weighted by Crippen LogP contribution is 2.35. The Balaban J connectivity index is 1.65. The predicted molar refractivity (Wildman–Crippen MR) is 171 cm³/mol. The number of nitro benzene ring substituents is 1. The van der Waals surface area contributed by atoms with Crippen molar-refractivity contribution in [3.8, 4) is 5.75 Å². The maximum atomic E-state index is 14.1. The van der Waals surface area contributed by atoms with E-state index < -0.39 is 16.9 Å². The summed E-state index contributed by atoms with van der Waals surface area (Å²) in [5.74, 6) is 0.0340. The SMILES string of the molecule is CCCC1=C(C(=O)OCC)[C@H](c2cccc(OC)c2)n2c(s/c(=C/c3ccc(Sc4nc(C)cc(C)n4)c([N+](=O)[O-])c3)c2=O)=N1. The maximum Gasteiger partial charge on any atom is 0.338 e. The van der Waals surface area contributed by atoms with Crippen LogP contribution in [0.3, 0.4) is 0 Å². The van der Waals surface area contributed by atoms with Crippen LogP contribution < -0.4 is 19.6 Å². The smallest absolute Gasteiger partial charge is 0.338 e. The van der Waals surface area contributed by atoms with Crippen molar-refractivity contribution >= 4 is 40.8 Å². The van der Waals surface area contributed by atoms with Crippen LogP contribution in [0.15, 0.2) is 79.6 Å². The molecule has 0 amide bonds. The van der Waals surface area contributed by atoms with E-state index in [9.17, 15) is 19.7 Å². The molecule has 11 nitrogen and oxygen atoms in total. The van der Waals surface area contributed by atoms with E-state index in [1.54, 1.807) is 50.4 Å². The van der Waals surface area contributed by atoms with Crippen molar-refractivity contribution in [3.63, 3.8) is 0 Å². The van der Waals surface area contributed by atoms with Gasteiger partial charge in [-0.05, 0) is 80.4 Å². The number of esters is 1. The van der Waals surface area contributed by atoms with Crippen molar-refractivity contribution in [3.05, 3.63) is 112 Å². The molecule has 3 heterocycles. The Labute approximate surface area is 267 Å². The summed E-state index contributed by atoms with van der Waals surface area (Å²) < 4.78 is 12.7. The van der Waals surface area contributed by atoms with Crippen LogP contribution in [-0.4, -0.2) is 39.1 Å². The topological polar surface area (TPSA) is 139 Å². The van der Waals surface area contributed by atoms with Crippen molar-refractivity contribution in [1.29, 1.82) is 0 Å². The van der Waals surface area contributed by atoms with Crippen molar-refractivity contribution in [1.82, 2.24) is 14.5 Å². The Hall–Kier alpha value is -4.62. The standard InChI is InChI=1S/C32H31N5O6S2/c1-6-9-23-27(30(39)43-7-2)28(21-10-8-11-22(17-21)42-5)36-29(38)26(45-32(36)35-23)16-20-12-13-25(24(15-20)37(40)41)44-31-33-18(3)14-19(4)34-31/h8,10-17,28H,6-7,9H2,1-5H3/b26-16+/t28-/m0/s1. The van der Waals surface area contributed by atoms with Gasteiger partial charge in [-0.1, -0.05) is 42.9 Å². The first-order chi connectivity index (χ1) is 21.6. The van der Waals surface area contributed by atoms with E-state index in [1.165, 1.54) is 10.6 Å². The Bertz CT molecular complexity index is 2000. The van der Waals surface area contributed by atoms with Gasteiger partial charge in [0.15, 0.2) is 9.96 Å². The molecule has 0 radical (unpaired) electrons. The summed E-state index contributed by atoms with van der Waals surface area (Å²) in [5.41, 5.74) is 3.01. The van der Waals surface area contributed by atoms with Gasteiger partial charge in [0.1, 0.15) is 5.75 Å². The largest absolute Gasteiger partial charge is 0.497 e. The summed E-state index contributed by atoms with van der Waals surface area (Å²) in [4.78, 5) is 53.4. The summed E-state index contributed by atoms with van der Waals surface area (Å²) in [5, 5.41) is 12.5. The molecule has 0 unspecified atom stereocenters. The number of aryl methyl sites for hydroxylation is 2. The molecule has 1 aliphatic heterocycles. The van der Waals surface area contributed by atoms with Gasteiger partial charge in [0.25, 0.3) is 11.2 Å². The number of hydrogen-bond donors (Lipinski definition) is 0. The van der Waals surface area contributed by atoms with Gasteiger partial charge in [-0.25, -0.2) is 19.8 Å². The second kappa shape index (κ2) is 13.6. The third-order valence-corrected chi connectivity index (χ3v) is 8.86. The van der Waals surface area contributed by atoms with E-state index in [4.69, 9.17) is 14.5 Å². The monoisotopic (exact) mass is 645 g/mol. The number of hydrogen-bond acceptors (Lipinski definition) is 11. The fraction of sp³-hybridized carbons (Fsp3) is 0.281. The van der Waals surface area contributed by atoms with Gasteiger partial charge in [0.05, 0.1) is 45.4 Å². The van der Waals surface area contributed by atoms with Crippen molar-refractivity contribution in [2.75, 3.05) is 13.7 Å². The molecule has 1 aliphatic rings. The fourth-order valence-electron chi connectivity index (χ4n) is 5.09. The predicted octanol–water partition coefficient (Wildman–Crippen LogP) is 5.05. The number of methoxy groups -OCH3 is 1. The van der Waals surface area contributed by atoms with E-state index >= 15 is 0 Å². The van der Waals surface area contributed by atoms with Gasteiger partial charge in [0, 0.05) is 17.5 Å². The van der Waals surface area contributed by atoms with Crippen LogP contribution in [0.5, 0.6) is 5.75 Å². The normalized spacial score (nSPS) is 14.6. The van der Waals surface area contributed by atoms with Gasteiger partial charge in [-0.3, -0.25) is 19.5 Å². The van der Waals surface area contributed by atoms with E-state index in [0.717, 1.165) is 40.9 Å². The highest BCUT2D eigenvalue weighted by Gasteiger charge is 2.34. The minimum absolute atomic E-state index is 0.131. The lowest BCUT2D eigenvalue weighted by atomic mass is 9.94. The molecule has 0 spiro atoms. The highest BCUT2D eigenvalue weighted by molar-refractivity contribution is 7.99. The molecular formula is C32H31N5O6S2. The second-order valence-electron chi connectivity index (χ2n) is 10.2. The van der Waals surface area contributed by atoms with E-state index in [0.29, 0.717) is 54.0 Å². The van der Waals surface area contributed by atoms with Crippen molar-refractivity contribution < 1.29 is 19.2 Å². The number of allylic oxidation sites excluding steroid dienone is 1. The number of fused-ring (bicyclic) bond motifs is 1. The number of nitrogens with zero attached hydrogens (tertiary/aromatic N) is 5. The maximum absolute atomic E-state index is 14.1. The molecule has 0 bridgehead atoms. The molecule has 2 aromatic heterocycles. The molecule has 0 saturated carbocycles. The molecule has 0 saturated heterocycles. The third-order valence-electron chi connectivity index (χ3n) is 6.94. The summed E-state index contributed by atoms with van der Waals surface area (Å²) in [7, 11) is 1.55. The first kappa shape index (κ1) is 31.8. The number of rotatable bonds is 10. The number of carbonyl (C=O) groups excluding carboxylic acids is 1. The van der Waals surface area contributed by atoms with Gasteiger partial charge in [-0.2, -0.15) is 0 Å². The van der Waals surface area contributed by atoms with E-state index in [1.807, 2.05) is 32.9 Å². The molecule has 13 heteroatoms. The molecule has 0 aliphatic carbocycles. The number of aromatic nitrogens is 3. The molecule has 0 N–H and O–H groups in total. The Kier molecular flexibility index (Phi) is 9.59. The Morgan fingerprint density at radius 1 is 1.13 bits per heavy atom. The zero-order valence-electron chi connectivity index (χ0n) is 25.4. The van der Waals surface area contributed by atoms with Gasteiger partial charge in [0.2, 0.25) is 0 Å². The zero-order valence-corrected chi connectivity index (χ0v) is 27.0. The summed E-state index contributed by atoms with van der Waals surface area (Å²) in [6.45, 7) is 7.56. The average Bonchev–Trinajstić information content (AvgIpc) is 3.30. The quantitative estimate of drug-likeness (QED) is 0.100. The van der Waals surface area contributed by atoms with Gasteiger partial charge < -0.3 is 9.47 Å². The van der Waals surface area contributed by atoms with Crippen LogP contribution in [0.4, 0.5) is 5.69 Å². The number of nitro groups is 1. The number of carbonyl (C=O) groups is 1. The molecule has 5 rings (SSSR count). The number of thiazole rings is 1. The van der Waals surface area contributed by atoms with Crippen LogP contribution in [0.1, 0.15) is 55.2 Å². The molecule has 4 aromatic rings. The second-order valence-corrected chi connectivity index (χ2v) is 12.2. The fourth-order valence-corrected chi connectivity index (χ4v) is 7.06. The van der Waals surface area contributed by atoms with Gasteiger partial charge in [-0.15, -0.1) is 0 Å².